The normalized spacial score (nSPS) is 13.3. The van der Waals surface area contributed by atoms with Crippen molar-refractivity contribution < 1.29 is 38.8 Å². The van der Waals surface area contributed by atoms with Crippen LogP contribution in [0.3, 0.4) is 0 Å². The fourth-order valence-corrected chi connectivity index (χ4v) is 7.47. The molecular weight excluding hydrogens is 635 g/mol. The van der Waals surface area contributed by atoms with E-state index in [1.54, 1.807) is 35.6 Å². The van der Waals surface area contributed by atoms with Gasteiger partial charge >= 0.3 is 33.0 Å². The summed E-state index contributed by atoms with van der Waals surface area (Å²) in [6.07, 6.45) is 0. The van der Waals surface area contributed by atoms with Crippen molar-refractivity contribution in [3.8, 4) is 0 Å². The Labute approximate surface area is 247 Å². The summed E-state index contributed by atoms with van der Waals surface area (Å²) in [6, 6.07) is 34.5. The zero-order valence-corrected chi connectivity index (χ0v) is 24.2. The maximum atomic E-state index is 13.7. The number of benzene rings is 5. The second kappa shape index (κ2) is 10.7. The van der Waals surface area contributed by atoms with Gasteiger partial charge in [-0.05, 0) is 78.9 Å². The van der Waals surface area contributed by atoms with Gasteiger partial charge in [-0.3, -0.25) is 4.79 Å². The minimum Gasteiger partial charge on any atom is -0.289 e. The Kier molecular flexibility index (Phi) is 7.65. The maximum absolute atomic E-state index is 13.7. The molecule has 0 aliphatic rings. The van der Waals surface area contributed by atoms with E-state index in [0.717, 1.165) is 34.9 Å². The standard InChI is InChI=1S/C31H19F2OS2.F6P/c32-22-7-11-24(12-8-22)36(25-13-9-23(33)10-14-25)26-15-17-30-28(19-26)27-18-21(6-16-29(27)35-30)31(34)20-4-2-1-3-5-20;1-7(2,3,4,5)6/h1-19H;/q+1;-1. The predicted molar refractivity (Wildman–Crippen MR) is 158 cm³/mol. The molecule has 0 radical (unpaired) electrons. The second-order valence-electron chi connectivity index (χ2n) is 9.34. The molecule has 0 N–H and O–H groups in total. The van der Waals surface area contributed by atoms with Crippen molar-refractivity contribution in [1.29, 1.82) is 0 Å². The zero-order chi connectivity index (χ0) is 31.1. The minimum absolute atomic E-state index is 0.00891. The van der Waals surface area contributed by atoms with E-state index in [-0.39, 0.29) is 17.4 Å². The number of halogens is 8. The Balaban J connectivity index is 0.000000472. The van der Waals surface area contributed by atoms with Gasteiger partial charge in [0.05, 0.1) is 10.9 Å². The number of carbonyl (C=O) groups excluding carboxylic acids is 1. The molecule has 1 aromatic heterocycles. The maximum Gasteiger partial charge on any atom is 0.193 e. The van der Waals surface area contributed by atoms with Crippen LogP contribution < -0.4 is 0 Å². The van der Waals surface area contributed by atoms with Crippen LogP contribution in [0.2, 0.25) is 0 Å². The van der Waals surface area contributed by atoms with Crippen molar-refractivity contribution in [3.63, 3.8) is 0 Å². The molecule has 0 saturated carbocycles. The Morgan fingerprint density at radius 3 is 1.49 bits per heavy atom. The van der Waals surface area contributed by atoms with Gasteiger partial charge in [-0.25, -0.2) is 8.78 Å². The van der Waals surface area contributed by atoms with Crippen molar-refractivity contribution in [2.24, 2.45) is 0 Å². The van der Waals surface area contributed by atoms with E-state index in [2.05, 4.69) is 18.2 Å². The van der Waals surface area contributed by atoms with E-state index < -0.39 is 18.7 Å². The average molecular weight is 655 g/mol. The number of fused-ring (bicyclic) bond motifs is 3. The van der Waals surface area contributed by atoms with Crippen molar-refractivity contribution in [2.45, 2.75) is 14.7 Å². The molecule has 5 aromatic carbocycles. The minimum atomic E-state index is -10.7. The molecule has 1 nitrogen and oxygen atoms in total. The first kappa shape index (κ1) is 30.7. The van der Waals surface area contributed by atoms with E-state index in [9.17, 15) is 38.8 Å². The largest absolute Gasteiger partial charge is 0.289 e. The van der Waals surface area contributed by atoms with Crippen molar-refractivity contribution in [1.82, 2.24) is 0 Å². The Hall–Kier alpha value is -3.79. The molecule has 0 aliphatic heterocycles. The summed E-state index contributed by atoms with van der Waals surface area (Å²) >= 11 is 1.69. The Morgan fingerprint density at radius 1 is 0.535 bits per heavy atom. The molecule has 0 unspecified atom stereocenters. The SMILES string of the molecule is F[P-](F)(F)(F)(F)F.O=C(c1ccccc1)c1ccc2sc3ccc([S+](c4ccc(F)cc4)c4ccc(F)cc4)cc3c2c1. The molecule has 12 heteroatoms. The van der Waals surface area contributed by atoms with Gasteiger partial charge in [-0.2, -0.15) is 0 Å². The molecule has 0 bridgehead atoms. The van der Waals surface area contributed by atoms with Crippen LogP contribution in [0.4, 0.5) is 34.0 Å². The van der Waals surface area contributed by atoms with E-state index in [4.69, 9.17) is 0 Å². The number of hydrogen-bond donors (Lipinski definition) is 0. The van der Waals surface area contributed by atoms with Crippen LogP contribution in [-0.4, -0.2) is 5.78 Å². The topological polar surface area (TPSA) is 17.1 Å². The van der Waals surface area contributed by atoms with Crippen molar-refractivity contribution >= 4 is 56.0 Å². The van der Waals surface area contributed by atoms with E-state index in [0.29, 0.717) is 11.1 Å². The Bertz CT molecular complexity index is 1880. The second-order valence-corrected chi connectivity index (χ2v) is 14.4. The Morgan fingerprint density at radius 2 is 0.977 bits per heavy atom. The first-order valence-corrected chi connectivity index (χ1v) is 16.5. The molecule has 43 heavy (non-hydrogen) atoms. The molecule has 6 aromatic rings. The number of rotatable bonds is 5. The molecule has 222 valence electrons. The van der Waals surface area contributed by atoms with Gasteiger partial charge in [0.1, 0.15) is 11.6 Å². The predicted octanol–water partition coefficient (Wildman–Crippen LogP) is 12.0. The van der Waals surface area contributed by atoms with Crippen LogP contribution in [0.1, 0.15) is 15.9 Å². The third kappa shape index (κ3) is 8.19. The molecule has 0 atom stereocenters. The summed E-state index contributed by atoms with van der Waals surface area (Å²) in [4.78, 5) is 16.0. The molecule has 0 saturated heterocycles. The summed E-state index contributed by atoms with van der Waals surface area (Å²) in [5.74, 6) is -0.599. The van der Waals surface area contributed by atoms with Crippen LogP contribution in [0, 0.1) is 11.6 Å². The third-order valence-corrected chi connectivity index (χ3v) is 9.44. The molecule has 0 amide bonds. The van der Waals surface area contributed by atoms with Crippen LogP contribution in [0.15, 0.2) is 130 Å². The fourth-order valence-electron chi connectivity index (χ4n) is 4.33. The molecule has 0 aliphatic carbocycles. The van der Waals surface area contributed by atoms with Gasteiger partial charge in [-0.1, -0.05) is 30.3 Å². The van der Waals surface area contributed by atoms with E-state index >= 15 is 0 Å². The van der Waals surface area contributed by atoms with Crippen LogP contribution in [0.5, 0.6) is 0 Å². The van der Waals surface area contributed by atoms with E-state index in [1.807, 2.05) is 48.5 Å². The third-order valence-electron chi connectivity index (χ3n) is 6.07. The summed E-state index contributed by atoms with van der Waals surface area (Å²) < 4.78 is 88.8. The van der Waals surface area contributed by atoms with Crippen molar-refractivity contribution in [2.75, 3.05) is 0 Å². The number of carbonyl (C=O) groups is 1. The van der Waals surface area contributed by atoms with Gasteiger partial charge in [0.25, 0.3) is 0 Å². The number of thiophene rings is 1. The molecule has 0 spiro atoms. The molecule has 1 heterocycles. The summed E-state index contributed by atoms with van der Waals surface area (Å²) in [7, 11) is -11.2. The monoisotopic (exact) mass is 654 g/mol. The van der Waals surface area contributed by atoms with E-state index in [1.165, 1.54) is 24.3 Å². The first-order chi connectivity index (χ1) is 20.0. The smallest absolute Gasteiger partial charge is 0.193 e. The quantitative estimate of drug-likeness (QED) is 0.0783. The van der Waals surface area contributed by atoms with Gasteiger partial charge < -0.3 is 0 Å². The zero-order valence-electron chi connectivity index (χ0n) is 21.7. The summed E-state index contributed by atoms with van der Waals surface area (Å²) in [5, 5.41) is 2.09. The first-order valence-electron chi connectivity index (χ1n) is 12.4. The molecule has 6 rings (SSSR count). The number of ketones is 1. The fraction of sp³-hybridized carbons (Fsp3) is 0. The molecule has 0 fully saturated rings. The molecular formula is C31H19F8OPS2. The van der Waals surface area contributed by atoms with Crippen LogP contribution >= 0.6 is 19.1 Å². The average Bonchev–Trinajstić information content (AvgIpc) is 3.31. The summed E-state index contributed by atoms with van der Waals surface area (Å²) in [5.41, 5.74) is 1.31. The number of hydrogen-bond acceptors (Lipinski definition) is 2. The van der Waals surface area contributed by atoms with Crippen LogP contribution in [0.25, 0.3) is 20.2 Å². The van der Waals surface area contributed by atoms with Crippen molar-refractivity contribution in [3.05, 3.63) is 138 Å². The van der Waals surface area contributed by atoms with Gasteiger partial charge in [0.15, 0.2) is 20.5 Å². The van der Waals surface area contributed by atoms with Crippen LogP contribution in [-0.2, 0) is 10.9 Å². The summed E-state index contributed by atoms with van der Waals surface area (Å²) in [6.45, 7) is 0. The van der Waals surface area contributed by atoms with Gasteiger partial charge in [-0.15, -0.1) is 11.3 Å². The van der Waals surface area contributed by atoms with Gasteiger partial charge in [0.2, 0.25) is 0 Å². The van der Waals surface area contributed by atoms with Gasteiger partial charge in [0, 0.05) is 37.4 Å².